The molecular weight excluding hydrogens is 1020 g/mol. The van der Waals surface area contributed by atoms with Crippen molar-refractivity contribution in [3.8, 4) is 5.75 Å². The Bertz CT molecular complexity index is 3480. The summed E-state index contributed by atoms with van der Waals surface area (Å²) < 4.78 is 190. The normalized spacial score (nSPS) is 13.1. The number of para-hydroxylation sites is 1. The van der Waals surface area contributed by atoms with Crippen molar-refractivity contribution in [1.82, 2.24) is 0 Å². The zero-order chi connectivity index (χ0) is 49.8. The van der Waals surface area contributed by atoms with E-state index in [-0.39, 0.29) is 27.5 Å². The van der Waals surface area contributed by atoms with Gasteiger partial charge < -0.3 is 15.7 Å². The number of azo groups is 2. The Morgan fingerprint density at radius 2 is 1.13 bits per heavy atom. The summed E-state index contributed by atoms with van der Waals surface area (Å²) in [6.45, 7) is -2.29. The summed E-state index contributed by atoms with van der Waals surface area (Å²) >= 11 is 0. The number of nitrogens with two attached hydrogens (primary N) is 1. The van der Waals surface area contributed by atoms with E-state index in [1.54, 1.807) is 18.2 Å². The monoisotopic (exact) mass is 1050 g/mol. The maximum atomic E-state index is 13.9. The Kier molecular flexibility index (Phi) is 15.6. The van der Waals surface area contributed by atoms with Crippen LogP contribution in [0.25, 0.3) is 10.8 Å². The molecule has 0 aliphatic rings. The van der Waals surface area contributed by atoms with Crippen LogP contribution in [0, 0.1) is 0 Å². The molecule has 0 atom stereocenters. The van der Waals surface area contributed by atoms with Gasteiger partial charge in [0, 0.05) is 17.8 Å². The van der Waals surface area contributed by atoms with Crippen LogP contribution in [0.1, 0.15) is 10.4 Å². The molecule has 7 N–H and O–H groups in total. The predicted molar refractivity (Wildman–Crippen MR) is 235 cm³/mol. The van der Waals surface area contributed by atoms with Gasteiger partial charge in [0.05, 0.1) is 57.8 Å². The highest BCUT2D eigenvalue weighted by Gasteiger charge is 2.29. The number of benzene rings is 5. The van der Waals surface area contributed by atoms with E-state index in [2.05, 4.69) is 28.8 Å². The molecule has 0 aliphatic heterocycles. The number of hydrogen-bond acceptors (Lipinski definition) is 21. The van der Waals surface area contributed by atoms with Gasteiger partial charge in [-0.2, -0.15) is 43.9 Å². The minimum absolute atomic E-state index is 0.135. The molecule has 67 heavy (non-hydrogen) atoms. The number of nitrogen functional groups attached to an aromatic ring is 1. The van der Waals surface area contributed by atoms with E-state index in [0.29, 0.717) is 12.1 Å². The number of nitrogens with zero attached hydrogens (tertiary/aromatic N) is 5. The Morgan fingerprint density at radius 1 is 0.597 bits per heavy atom. The van der Waals surface area contributed by atoms with Crippen LogP contribution < -0.4 is 10.6 Å². The Balaban J connectivity index is 1.52. The number of aromatic hydroxyl groups is 1. The van der Waals surface area contributed by atoms with Crippen LogP contribution in [0.15, 0.2) is 126 Å². The summed E-state index contributed by atoms with van der Waals surface area (Å²) in [6, 6.07) is 18.1. The lowest BCUT2D eigenvalue weighted by Gasteiger charge is -2.23. The summed E-state index contributed by atoms with van der Waals surface area (Å²) in [7, 11) is -28.7. The van der Waals surface area contributed by atoms with E-state index in [0.717, 1.165) is 35.2 Å². The largest absolute Gasteiger partial charge is 0.505 e. The lowest BCUT2D eigenvalue weighted by molar-refractivity contribution is 0.0988. The first-order valence-corrected chi connectivity index (χ1v) is 27.2. The van der Waals surface area contributed by atoms with Crippen molar-refractivity contribution in [2.24, 2.45) is 20.5 Å². The maximum Gasteiger partial charge on any atom is 0.397 e. The van der Waals surface area contributed by atoms with Gasteiger partial charge in [-0.1, -0.05) is 24.3 Å². The molecule has 0 bridgehead atoms. The van der Waals surface area contributed by atoms with Crippen molar-refractivity contribution in [2.75, 3.05) is 47.7 Å². The number of carbonyl (C=O) groups excluding carboxylic acids is 1. The minimum Gasteiger partial charge on any atom is -0.505 e. The van der Waals surface area contributed by atoms with Crippen LogP contribution in [0.2, 0.25) is 0 Å². The molecule has 0 radical (unpaired) electrons. The number of phenolic OH excluding ortho intramolecular Hbond substituents is 1. The van der Waals surface area contributed by atoms with E-state index in [1.807, 2.05) is 0 Å². The number of rotatable bonds is 20. The van der Waals surface area contributed by atoms with E-state index >= 15 is 0 Å². The topological polar surface area (TPSA) is 420 Å². The van der Waals surface area contributed by atoms with E-state index in [4.69, 9.17) is 14.8 Å². The van der Waals surface area contributed by atoms with Crippen molar-refractivity contribution in [3.63, 3.8) is 0 Å². The SMILES string of the molecule is Nc1c(/N=N/c2ccc(S(=O)(=O)CCOS(=O)(=O)O)cc2)c(S(=O)(=O)O)cc2cc(S(=O)(=O)O)c(/N=N/c3cccc(C(=O)N(CCS(=O)(=O)CCOS(=O)(=O)O)c4ccccc4)c3)c(O)c12. The summed E-state index contributed by atoms with van der Waals surface area (Å²) in [5.74, 6) is -4.33. The van der Waals surface area contributed by atoms with Crippen LogP contribution in [0.5, 0.6) is 5.75 Å². The van der Waals surface area contributed by atoms with Gasteiger partial charge in [0.15, 0.2) is 25.4 Å². The molecule has 0 saturated heterocycles. The number of hydrogen-bond donors (Lipinski definition) is 6. The Hall–Kier alpha value is -5.91. The first-order chi connectivity index (χ1) is 31.0. The zero-order valence-electron chi connectivity index (χ0n) is 33.5. The molecule has 0 heterocycles. The van der Waals surface area contributed by atoms with Crippen LogP contribution in [-0.2, 0) is 69.1 Å². The third-order valence-corrected chi connectivity index (χ3v) is 14.8. The van der Waals surface area contributed by atoms with E-state index in [9.17, 15) is 69.5 Å². The standard InChI is InChI=1S/C35H34N6O20S6/c36-31-30-23(20-28(64(48,49)50)32(31)39-37-24-9-11-27(12-10-24)63(46,47)18-15-61-67(57,58)59)21-29(65(51,52)53)33(34(30)42)40-38-25-6-4-5-22(19-25)35(43)41(26-7-2-1-3-8-26)13-16-62(44,45)17-14-60-66(54,55)56/h1-12,19-21,42H,13-18,36H2,(H,48,49,50)(H,51,52,53)(H,54,55,56)(H,57,58,59)/b39-37+,40-38+. The highest BCUT2D eigenvalue weighted by Crippen LogP contribution is 2.48. The average molecular weight is 1050 g/mol. The second-order valence-electron chi connectivity index (χ2n) is 13.5. The van der Waals surface area contributed by atoms with Crippen molar-refractivity contribution >= 4 is 112 Å². The predicted octanol–water partition coefficient (Wildman–Crippen LogP) is 3.93. The van der Waals surface area contributed by atoms with Gasteiger partial charge >= 0.3 is 20.8 Å². The molecule has 360 valence electrons. The van der Waals surface area contributed by atoms with Crippen molar-refractivity contribution in [3.05, 3.63) is 96.6 Å². The number of sulfone groups is 2. The van der Waals surface area contributed by atoms with E-state index in [1.165, 1.54) is 30.3 Å². The third-order valence-electron chi connectivity index (χ3n) is 8.84. The molecule has 5 rings (SSSR count). The highest BCUT2D eigenvalue weighted by molar-refractivity contribution is 7.91. The molecule has 0 unspecified atom stereocenters. The van der Waals surface area contributed by atoms with Crippen molar-refractivity contribution < 1.29 is 87.0 Å². The average Bonchev–Trinajstić information content (AvgIpc) is 3.21. The highest BCUT2D eigenvalue weighted by atomic mass is 32.3. The lowest BCUT2D eigenvalue weighted by Crippen LogP contribution is -2.36. The molecule has 32 heteroatoms. The second-order valence-corrected chi connectivity index (χ2v) is 22.8. The molecule has 0 fully saturated rings. The summed E-state index contributed by atoms with van der Waals surface area (Å²) in [4.78, 5) is 12.3. The van der Waals surface area contributed by atoms with Gasteiger partial charge in [0.1, 0.15) is 21.2 Å². The fourth-order valence-electron chi connectivity index (χ4n) is 5.82. The van der Waals surface area contributed by atoms with Gasteiger partial charge in [-0.15, -0.1) is 10.2 Å². The first-order valence-electron chi connectivity index (χ1n) is 18.1. The molecule has 1 amide bonds. The van der Waals surface area contributed by atoms with Crippen LogP contribution in [0.4, 0.5) is 34.1 Å². The maximum absolute atomic E-state index is 13.9. The van der Waals surface area contributed by atoms with E-state index < -0.39 is 147 Å². The number of anilines is 2. The molecule has 26 nitrogen and oxygen atoms in total. The minimum atomic E-state index is -5.35. The fraction of sp³-hybridized carbons (Fsp3) is 0.171. The summed E-state index contributed by atoms with van der Waals surface area (Å²) in [5.41, 5.74) is 3.42. The van der Waals surface area contributed by atoms with Gasteiger partial charge in [0.2, 0.25) is 0 Å². The molecule has 0 aromatic heterocycles. The van der Waals surface area contributed by atoms with Gasteiger partial charge in [-0.05, 0) is 72.1 Å². The number of phenols is 1. The Labute approximate surface area is 381 Å². The van der Waals surface area contributed by atoms with Gasteiger partial charge in [0.25, 0.3) is 26.1 Å². The summed E-state index contributed by atoms with van der Waals surface area (Å²) in [6.07, 6.45) is 0. The Morgan fingerprint density at radius 3 is 1.70 bits per heavy atom. The number of carbonyl (C=O) groups is 1. The fourth-order valence-corrected chi connectivity index (χ4v) is 10.0. The van der Waals surface area contributed by atoms with Crippen molar-refractivity contribution in [1.29, 1.82) is 0 Å². The van der Waals surface area contributed by atoms with Crippen LogP contribution in [0.3, 0.4) is 0 Å². The van der Waals surface area contributed by atoms with Gasteiger partial charge in [-0.3, -0.25) is 23.0 Å². The second kappa shape index (κ2) is 20.1. The zero-order valence-corrected chi connectivity index (χ0v) is 38.4. The smallest absolute Gasteiger partial charge is 0.397 e. The molecular formula is C35H34N6O20S6. The van der Waals surface area contributed by atoms with Gasteiger partial charge in [-0.25, -0.2) is 25.2 Å². The molecule has 0 saturated carbocycles. The quantitative estimate of drug-likeness (QED) is 0.0365. The van der Waals surface area contributed by atoms with Crippen LogP contribution >= 0.6 is 0 Å². The van der Waals surface area contributed by atoms with Crippen LogP contribution in [-0.4, -0.2) is 117 Å². The number of amides is 1. The molecule has 5 aromatic rings. The molecule has 0 spiro atoms. The molecule has 5 aromatic carbocycles. The third kappa shape index (κ3) is 14.1. The lowest BCUT2D eigenvalue weighted by atomic mass is 10.1. The number of fused-ring (bicyclic) bond motifs is 1. The summed E-state index contributed by atoms with van der Waals surface area (Å²) in [5, 5.41) is 25.7. The first kappa shape index (κ1) is 52.1. The van der Waals surface area contributed by atoms with Crippen molar-refractivity contribution in [2.45, 2.75) is 14.7 Å². The molecule has 0 aliphatic carbocycles.